The fourth-order valence-corrected chi connectivity index (χ4v) is 3.70. The van der Waals surface area contributed by atoms with Gasteiger partial charge < -0.3 is 10.2 Å². The van der Waals surface area contributed by atoms with Gasteiger partial charge in [-0.05, 0) is 44.5 Å². The van der Waals surface area contributed by atoms with Crippen molar-refractivity contribution in [2.45, 2.75) is 43.6 Å². The summed E-state index contributed by atoms with van der Waals surface area (Å²) in [7, 11) is 0. The van der Waals surface area contributed by atoms with Crippen LogP contribution in [-0.2, 0) is 11.0 Å². The standard InChI is InChI=1S/C17H18F6N4O2/c18-16(19,20)4-1-9-26-14(29)27(13(28)15(26)5-7-24-8-6-15)11-2-3-12(25-10-11)17(21,22)23/h2-3,10,24H,1,4-9H2. The summed E-state index contributed by atoms with van der Waals surface area (Å²) in [5.41, 5.74) is -2.64. The van der Waals surface area contributed by atoms with Crippen LogP contribution in [0.15, 0.2) is 18.3 Å². The summed E-state index contributed by atoms with van der Waals surface area (Å²) in [6.07, 6.45) is -9.39. The van der Waals surface area contributed by atoms with E-state index in [1.54, 1.807) is 0 Å². The number of alkyl halides is 6. The molecule has 1 N–H and O–H groups in total. The number of hydrogen-bond donors (Lipinski definition) is 1. The van der Waals surface area contributed by atoms with Crippen molar-refractivity contribution < 1.29 is 35.9 Å². The molecule has 0 bridgehead atoms. The Bertz CT molecular complexity index is 772. The van der Waals surface area contributed by atoms with Gasteiger partial charge in [-0.3, -0.25) is 4.79 Å². The lowest BCUT2D eigenvalue weighted by molar-refractivity contribution is -0.141. The first-order valence-corrected chi connectivity index (χ1v) is 8.93. The van der Waals surface area contributed by atoms with Crippen LogP contribution in [0.3, 0.4) is 0 Å². The average molecular weight is 424 g/mol. The molecule has 0 aromatic carbocycles. The van der Waals surface area contributed by atoms with Gasteiger partial charge in [0.1, 0.15) is 11.2 Å². The molecule has 29 heavy (non-hydrogen) atoms. The second kappa shape index (κ2) is 7.47. The van der Waals surface area contributed by atoms with Gasteiger partial charge in [-0.15, -0.1) is 0 Å². The highest BCUT2D eigenvalue weighted by Crippen LogP contribution is 2.39. The predicted octanol–water partition coefficient (Wildman–Crippen LogP) is 3.33. The zero-order valence-corrected chi connectivity index (χ0v) is 15.1. The molecule has 2 saturated heterocycles. The lowest BCUT2D eigenvalue weighted by atomic mass is 9.86. The van der Waals surface area contributed by atoms with E-state index in [2.05, 4.69) is 10.3 Å². The molecule has 6 nitrogen and oxygen atoms in total. The molecule has 1 spiro atoms. The molecular weight excluding hydrogens is 406 g/mol. The monoisotopic (exact) mass is 424 g/mol. The third-order valence-corrected chi connectivity index (χ3v) is 5.11. The van der Waals surface area contributed by atoms with Gasteiger partial charge in [0.25, 0.3) is 5.91 Å². The Hall–Kier alpha value is -2.37. The minimum Gasteiger partial charge on any atom is -0.317 e. The zero-order valence-electron chi connectivity index (χ0n) is 15.1. The number of urea groups is 1. The fraction of sp³-hybridized carbons (Fsp3) is 0.588. The Morgan fingerprint density at radius 1 is 1.07 bits per heavy atom. The van der Waals surface area contributed by atoms with Gasteiger partial charge in [0.15, 0.2) is 0 Å². The van der Waals surface area contributed by atoms with Crippen molar-refractivity contribution in [1.29, 1.82) is 0 Å². The number of pyridine rings is 1. The average Bonchev–Trinajstić information content (AvgIpc) is 2.82. The summed E-state index contributed by atoms with van der Waals surface area (Å²) in [5, 5.41) is 3.02. The largest absolute Gasteiger partial charge is 0.433 e. The number of hydrogen-bond acceptors (Lipinski definition) is 4. The molecule has 3 heterocycles. The van der Waals surface area contributed by atoms with Crippen LogP contribution < -0.4 is 10.2 Å². The smallest absolute Gasteiger partial charge is 0.317 e. The lowest BCUT2D eigenvalue weighted by Crippen LogP contribution is -2.56. The number of imide groups is 1. The highest BCUT2D eigenvalue weighted by atomic mass is 19.4. The zero-order chi connectivity index (χ0) is 21.4. The van der Waals surface area contributed by atoms with Crippen molar-refractivity contribution in [3.05, 3.63) is 24.0 Å². The Balaban J connectivity index is 1.89. The number of nitrogens with zero attached hydrogens (tertiary/aromatic N) is 3. The molecule has 2 aliphatic heterocycles. The van der Waals surface area contributed by atoms with Crippen molar-refractivity contribution in [3.8, 4) is 0 Å². The van der Waals surface area contributed by atoms with Crippen LogP contribution in [0.2, 0.25) is 0 Å². The summed E-state index contributed by atoms with van der Waals surface area (Å²) in [4.78, 5) is 31.1. The van der Waals surface area contributed by atoms with Gasteiger partial charge in [0, 0.05) is 13.0 Å². The molecule has 1 aromatic heterocycles. The molecule has 0 radical (unpaired) electrons. The number of amides is 3. The van der Waals surface area contributed by atoms with Crippen molar-refractivity contribution in [1.82, 2.24) is 15.2 Å². The molecule has 0 aliphatic carbocycles. The molecule has 0 atom stereocenters. The van der Waals surface area contributed by atoms with E-state index in [0.29, 0.717) is 24.1 Å². The topological polar surface area (TPSA) is 65.5 Å². The molecule has 2 fully saturated rings. The van der Waals surface area contributed by atoms with E-state index in [4.69, 9.17) is 0 Å². The normalized spacial score (nSPS) is 20.1. The SMILES string of the molecule is O=C1N(c2ccc(C(F)(F)F)nc2)C(=O)C2(CCNCC2)N1CCCC(F)(F)F. The van der Waals surface area contributed by atoms with Crippen molar-refractivity contribution in [2.75, 3.05) is 24.5 Å². The summed E-state index contributed by atoms with van der Waals surface area (Å²) in [5.74, 6) is -0.655. The van der Waals surface area contributed by atoms with Crippen LogP contribution in [0.1, 0.15) is 31.4 Å². The maximum atomic E-state index is 13.1. The third kappa shape index (κ3) is 4.16. The Kier molecular flexibility index (Phi) is 5.50. The molecule has 3 amide bonds. The fourth-order valence-electron chi connectivity index (χ4n) is 3.70. The van der Waals surface area contributed by atoms with Gasteiger partial charge in [0.2, 0.25) is 0 Å². The summed E-state index contributed by atoms with van der Waals surface area (Å²) < 4.78 is 75.7. The molecule has 160 valence electrons. The number of piperidine rings is 1. The number of nitrogens with one attached hydrogen (secondary N) is 1. The molecule has 2 aliphatic rings. The van der Waals surface area contributed by atoms with Crippen LogP contribution >= 0.6 is 0 Å². The van der Waals surface area contributed by atoms with E-state index < -0.39 is 41.9 Å². The van der Waals surface area contributed by atoms with Crippen LogP contribution in [0.4, 0.5) is 36.8 Å². The number of carbonyl (C=O) groups excluding carboxylic acids is 2. The van der Waals surface area contributed by atoms with Gasteiger partial charge in [0.05, 0.1) is 11.9 Å². The van der Waals surface area contributed by atoms with Crippen LogP contribution in [0.5, 0.6) is 0 Å². The van der Waals surface area contributed by atoms with Crippen molar-refractivity contribution in [2.24, 2.45) is 0 Å². The maximum Gasteiger partial charge on any atom is 0.433 e. The summed E-state index contributed by atoms with van der Waals surface area (Å²) >= 11 is 0. The molecule has 0 saturated carbocycles. The van der Waals surface area contributed by atoms with E-state index >= 15 is 0 Å². The van der Waals surface area contributed by atoms with E-state index in [0.717, 1.165) is 17.2 Å². The highest BCUT2D eigenvalue weighted by Gasteiger charge is 2.57. The first-order valence-electron chi connectivity index (χ1n) is 8.93. The second-order valence-electron chi connectivity index (χ2n) is 6.97. The summed E-state index contributed by atoms with van der Waals surface area (Å²) in [6.45, 7) is 0.483. The molecule has 12 heteroatoms. The Morgan fingerprint density at radius 2 is 1.72 bits per heavy atom. The first kappa shape index (κ1) is 21.3. The quantitative estimate of drug-likeness (QED) is 0.595. The maximum absolute atomic E-state index is 13.1. The molecule has 0 unspecified atom stereocenters. The van der Waals surface area contributed by atoms with Gasteiger partial charge in [-0.25, -0.2) is 14.7 Å². The second-order valence-corrected chi connectivity index (χ2v) is 6.97. The van der Waals surface area contributed by atoms with Crippen molar-refractivity contribution in [3.63, 3.8) is 0 Å². The Morgan fingerprint density at radius 3 is 2.24 bits per heavy atom. The van der Waals surface area contributed by atoms with Gasteiger partial charge in [-0.2, -0.15) is 26.3 Å². The first-order chi connectivity index (χ1) is 13.5. The van der Waals surface area contributed by atoms with Crippen LogP contribution in [0.25, 0.3) is 0 Å². The molecule has 3 rings (SSSR count). The minimum absolute atomic E-state index is 0.149. The molecule has 1 aromatic rings. The minimum atomic E-state index is -4.68. The number of halogens is 6. The predicted molar refractivity (Wildman–Crippen MR) is 89.0 cm³/mol. The number of aromatic nitrogens is 1. The van der Waals surface area contributed by atoms with E-state index in [1.165, 1.54) is 0 Å². The van der Waals surface area contributed by atoms with Gasteiger partial charge in [-0.1, -0.05) is 0 Å². The third-order valence-electron chi connectivity index (χ3n) is 5.11. The highest BCUT2D eigenvalue weighted by molar-refractivity contribution is 6.23. The molecular formula is C17H18F6N4O2. The van der Waals surface area contributed by atoms with E-state index in [1.807, 2.05) is 0 Å². The lowest BCUT2D eigenvalue weighted by Gasteiger charge is -2.38. The van der Waals surface area contributed by atoms with Gasteiger partial charge >= 0.3 is 18.4 Å². The van der Waals surface area contributed by atoms with Crippen LogP contribution in [-0.4, -0.2) is 53.2 Å². The number of carbonyl (C=O) groups is 2. The van der Waals surface area contributed by atoms with E-state index in [9.17, 15) is 35.9 Å². The summed E-state index contributed by atoms with van der Waals surface area (Å²) in [6, 6.07) is 0.761. The number of anilines is 1. The number of rotatable bonds is 4. The van der Waals surface area contributed by atoms with Crippen LogP contribution in [0, 0.1) is 0 Å². The Labute approximate surface area is 161 Å². The van der Waals surface area contributed by atoms with Crippen molar-refractivity contribution >= 4 is 17.6 Å². The van der Waals surface area contributed by atoms with E-state index in [-0.39, 0.29) is 31.5 Å².